The molecular formula is C36H51N3O5. The Kier molecular flexibility index (Phi) is 9.86. The van der Waals surface area contributed by atoms with Crippen LogP contribution in [0.5, 0.6) is 11.6 Å². The molecule has 2 bridgehead atoms. The number of fused-ring (bicyclic) bond motifs is 5. The van der Waals surface area contributed by atoms with Crippen molar-refractivity contribution in [3.63, 3.8) is 0 Å². The lowest BCUT2D eigenvalue weighted by molar-refractivity contribution is -0.152. The Bertz CT molecular complexity index is 1370. The maximum Gasteiger partial charge on any atom is 0.306 e. The van der Waals surface area contributed by atoms with Crippen LogP contribution in [0.15, 0.2) is 30.5 Å². The number of methoxy groups -OCH3 is 1. The van der Waals surface area contributed by atoms with Crippen molar-refractivity contribution >= 4 is 22.8 Å². The van der Waals surface area contributed by atoms with Crippen molar-refractivity contribution in [1.29, 1.82) is 0 Å². The molecule has 3 aliphatic rings. The fourth-order valence-electron chi connectivity index (χ4n) is 7.76. The molecular weight excluding hydrogens is 554 g/mol. The number of nitrogens with zero attached hydrogens (tertiary/aromatic N) is 3. The summed E-state index contributed by atoms with van der Waals surface area (Å²) in [6.07, 6.45) is 8.80. The number of carbonyl (C=O) groups excluding carboxylic acids is 2. The topological polar surface area (TPSA) is 90.8 Å². The van der Waals surface area contributed by atoms with Crippen molar-refractivity contribution in [3.8, 4) is 11.6 Å². The Morgan fingerprint density at radius 3 is 2.52 bits per heavy atom. The molecule has 44 heavy (non-hydrogen) atoms. The summed E-state index contributed by atoms with van der Waals surface area (Å²) in [5.41, 5.74) is 2.94. The zero-order valence-corrected chi connectivity index (χ0v) is 27.6. The van der Waals surface area contributed by atoms with E-state index in [0.29, 0.717) is 18.3 Å². The largest absolute Gasteiger partial charge is 0.497 e. The minimum absolute atomic E-state index is 0.00998. The van der Waals surface area contributed by atoms with Crippen molar-refractivity contribution in [1.82, 2.24) is 14.9 Å². The highest BCUT2D eigenvalue weighted by Gasteiger charge is 2.48. The van der Waals surface area contributed by atoms with Gasteiger partial charge < -0.3 is 19.1 Å². The third-order valence-corrected chi connectivity index (χ3v) is 10.2. The van der Waals surface area contributed by atoms with Gasteiger partial charge in [0.1, 0.15) is 23.7 Å². The molecule has 1 saturated heterocycles. The molecule has 1 aromatic heterocycles. The predicted octanol–water partition coefficient (Wildman–Crippen LogP) is 7.08. The molecule has 0 spiro atoms. The molecule has 1 aliphatic carbocycles. The second-order valence-corrected chi connectivity index (χ2v) is 14.2. The van der Waals surface area contributed by atoms with Crippen molar-refractivity contribution in [3.05, 3.63) is 36.2 Å². The number of aryl methyl sites for hydroxylation is 1. The summed E-state index contributed by atoms with van der Waals surface area (Å²) in [5.74, 6) is 1.34. The highest BCUT2D eigenvalue weighted by molar-refractivity contribution is 5.83. The fourth-order valence-corrected chi connectivity index (χ4v) is 7.76. The first-order valence-corrected chi connectivity index (χ1v) is 16.7. The summed E-state index contributed by atoms with van der Waals surface area (Å²) in [7, 11) is 1.64. The molecule has 2 aromatic rings. The number of hydrogen-bond acceptors (Lipinski definition) is 8. The Balaban J connectivity index is 1.54. The van der Waals surface area contributed by atoms with Crippen molar-refractivity contribution in [2.75, 3.05) is 13.7 Å². The van der Waals surface area contributed by atoms with Crippen molar-refractivity contribution < 1.29 is 23.8 Å². The van der Waals surface area contributed by atoms with E-state index >= 15 is 0 Å². The van der Waals surface area contributed by atoms with Gasteiger partial charge in [-0.3, -0.25) is 9.59 Å². The van der Waals surface area contributed by atoms with Gasteiger partial charge >= 0.3 is 5.97 Å². The van der Waals surface area contributed by atoms with Crippen LogP contribution in [0.2, 0.25) is 0 Å². The highest BCUT2D eigenvalue weighted by atomic mass is 16.5. The SMILES string of the molecule is C=C1[C@H](C(C)(C)C)CC(=O)O[C@@H]2CCC[C@H]2CCCCCc2nc3ccc(OC)cc3nc2O[C@H]2CN1[C@H](C(C)=O)[C@@H]2CC. The summed E-state index contributed by atoms with van der Waals surface area (Å²) in [4.78, 5) is 38.9. The molecule has 0 amide bonds. The first-order valence-electron chi connectivity index (χ1n) is 16.7. The summed E-state index contributed by atoms with van der Waals surface area (Å²) in [6, 6.07) is 5.35. The van der Waals surface area contributed by atoms with E-state index in [4.69, 9.17) is 24.2 Å². The molecule has 2 aliphatic heterocycles. The smallest absolute Gasteiger partial charge is 0.306 e. The first kappa shape index (κ1) is 32.2. The van der Waals surface area contributed by atoms with E-state index in [2.05, 4.69) is 39.2 Å². The van der Waals surface area contributed by atoms with Gasteiger partial charge in [-0.1, -0.05) is 47.1 Å². The number of aromatic nitrogens is 2. The first-order chi connectivity index (χ1) is 21.0. The highest BCUT2D eigenvalue weighted by Crippen LogP contribution is 2.42. The fraction of sp³-hybridized carbons (Fsp3) is 0.667. The van der Waals surface area contributed by atoms with Gasteiger partial charge in [0, 0.05) is 23.6 Å². The van der Waals surface area contributed by atoms with Crippen LogP contribution < -0.4 is 9.47 Å². The van der Waals surface area contributed by atoms with Gasteiger partial charge in [-0.15, -0.1) is 0 Å². The van der Waals surface area contributed by atoms with Crippen molar-refractivity contribution in [2.45, 2.75) is 117 Å². The van der Waals surface area contributed by atoms with Gasteiger partial charge in [-0.2, -0.15) is 0 Å². The molecule has 5 rings (SSSR count). The predicted molar refractivity (Wildman–Crippen MR) is 172 cm³/mol. The average molecular weight is 606 g/mol. The van der Waals surface area contributed by atoms with E-state index in [1.54, 1.807) is 14.0 Å². The lowest BCUT2D eigenvalue weighted by atomic mass is 9.76. The van der Waals surface area contributed by atoms with Gasteiger partial charge in [-0.25, -0.2) is 9.97 Å². The Morgan fingerprint density at radius 1 is 1.05 bits per heavy atom. The molecule has 1 aromatic carbocycles. The average Bonchev–Trinajstić information content (AvgIpc) is 3.58. The summed E-state index contributed by atoms with van der Waals surface area (Å²) < 4.78 is 18.4. The van der Waals surface area contributed by atoms with Gasteiger partial charge in [0.25, 0.3) is 0 Å². The second kappa shape index (κ2) is 13.5. The number of rotatable bonds is 3. The van der Waals surface area contributed by atoms with Gasteiger partial charge in [0.2, 0.25) is 5.88 Å². The number of ketones is 1. The van der Waals surface area contributed by atoms with E-state index in [9.17, 15) is 9.59 Å². The molecule has 0 unspecified atom stereocenters. The van der Waals surface area contributed by atoms with Crippen LogP contribution in [0, 0.1) is 23.2 Å². The standard InChI is InChI=1S/C36H51N3O5/c1-8-26-32-21-39(34(26)23(3)40)22(2)27(36(4,5)6)20-33(41)43-31-16-12-14-24(31)13-10-9-11-15-29-35(44-32)38-30-19-25(42-7)17-18-28(30)37-29/h17-19,24,26-27,31-32,34H,2,8-16,20-21H2,1,3-7H3/t24-,26-,27-,31-,32+,34-/m1/s1. The summed E-state index contributed by atoms with van der Waals surface area (Å²) in [6.45, 7) is 15.2. The van der Waals surface area contributed by atoms with E-state index in [1.165, 1.54) is 0 Å². The van der Waals surface area contributed by atoms with E-state index in [-0.39, 0.29) is 47.6 Å². The third-order valence-electron chi connectivity index (χ3n) is 10.2. The summed E-state index contributed by atoms with van der Waals surface area (Å²) in [5, 5.41) is 0. The lowest BCUT2D eigenvalue weighted by Crippen LogP contribution is -2.42. The number of benzene rings is 1. The second-order valence-electron chi connectivity index (χ2n) is 14.2. The number of esters is 1. The van der Waals surface area contributed by atoms with E-state index in [1.807, 2.05) is 18.2 Å². The molecule has 8 nitrogen and oxygen atoms in total. The molecule has 0 radical (unpaired) electrons. The zero-order chi connectivity index (χ0) is 31.6. The molecule has 8 heteroatoms. The molecule has 2 fully saturated rings. The van der Waals surface area contributed by atoms with Crippen LogP contribution >= 0.6 is 0 Å². The molecule has 3 heterocycles. The van der Waals surface area contributed by atoms with Crippen LogP contribution in [0.3, 0.4) is 0 Å². The van der Waals surface area contributed by atoms with Crippen LogP contribution in [0.25, 0.3) is 11.0 Å². The minimum atomic E-state index is -0.392. The van der Waals surface area contributed by atoms with Crippen LogP contribution in [0.1, 0.15) is 98.1 Å². The lowest BCUT2D eigenvalue weighted by Gasteiger charge is -2.39. The van der Waals surface area contributed by atoms with Crippen LogP contribution in [0.4, 0.5) is 0 Å². The zero-order valence-electron chi connectivity index (χ0n) is 27.6. The molecule has 0 N–H and O–H groups in total. The number of Topliss-reactive ketones (excluding diaryl/α,β-unsaturated/α-hetero) is 1. The minimum Gasteiger partial charge on any atom is -0.497 e. The van der Waals surface area contributed by atoms with Crippen LogP contribution in [-0.4, -0.2) is 58.5 Å². The summed E-state index contributed by atoms with van der Waals surface area (Å²) >= 11 is 0. The molecule has 240 valence electrons. The van der Waals surface area contributed by atoms with Crippen LogP contribution in [-0.2, 0) is 20.7 Å². The normalized spacial score (nSPS) is 28.8. The van der Waals surface area contributed by atoms with E-state index < -0.39 is 6.04 Å². The Morgan fingerprint density at radius 2 is 1.82 bits per heavy atom. The quantitative estimate of drug-likeness (QED) is 0.343. The van der Waals surface area contributed by atoms with Gasteiger partial charge in [-0.05, 0) is 75.3 Å². The molecule has 6 atom stereocenters. The maximum atomic E-state index is 13.5. The Hall–Kier alpha value is -3.16. The third kappa shape index (κ3) is 6.89. The van der Waals surface area contributed by atoms with E-state index in [0.717, 1.165) is 86.0 Å². The monoisotopic (exact) mass is 605 g/mol. The van der Waals surface area contributed by atoms with Gasteiger partial charge in [0.05, 0.1) is 37.2 Å². The number of ether oxygens (including phenoxy) is 3. The van der Waals surface area contributed by atoms with Gasteiger partial charge in [0.15, 0.2) is 5.78 Å². The number of carbonyl (C=O) groups is 2. The number of hydrogen-bond donors (Lipinski definition) is 0. The Labute approximate surface area is 262 Å². The van der Waals surface area contributed by atoms with Crippen molar-refractivity contribution in [2.24, 2.45) is 23.2 Å². The molecule has 1 saturated carbocycles. The maximum absolute atomic E-state index is 13.5. The number of allylic oxidation sites excluding steroid dienone is 1.